The van der Waals surface area contributed by atoms with Gasteiger partial charge in [0.15, 0.2) is 0 Å². The first-order chi connectivity index (χ1) is 10.1. The lowest BCUT2D eigenvalue weighted by Crippen LogP contribution is -2.31. The standard InChI is InChI=1S/C14H17F3N2O3/c1-9(22-8-14(15,16)17)12(20)18-11-6-4-5-10(7-11)13(21)19(2)3/h4-7,9H,8H2,1-3H3,(H,18,20)/t9-/m1/s1. The summed E-state index contributed by atoms with van der Waals surface area (Å²) in [4.78, 5) is 24.9. The van der Waals surface area contributed by atoms with E-state index in [2.05, 4.69) is 10.1 Å². The van der Waals surface area contributed by atoms with Crippen molar-refractivity contribution in [2.75, 3.05) is 26.0 Å². The van der Waals surface area contributed by atoms with Gasteiger partial charge in [0.2, 0.25) is 0 Å². The van der Waals surface area contributed by atoms with E-state index in [0.717, 1.165) is 0 Å². The van der Waals surface area contributed by atoms with Crippen LogP contribution in [0.2, 0.25) is 0 Å². The summed E-state index contributed by atoms with van der Waals surface area (Å²) >= 11 is 0. The van der Waals surface area contributed by atoms with E-state index in [4.69, 9.17) is 0 Å². The van der Waals surface area contributed by atoms with Crippen LogP contribution in [0.15, 0.2) is 24.3 Å². The average molecular weight is 318 g/mol. The molecule has 0 aromatic heterocycles. The number of hydrogen-bond donors (Lipinski definition) is 1. The number of nitrogens with zero attached hydrogens (tertiary/aromatic N) is 1. The first kappa shape index (κ1) is 18.0. The van der Waals surface area contributed by atoms with Gasteiger partial charge < -0.3 is 15.0 Å². The van der Waals surface area contributed by atoms with Crippen molar-refractivity contribution < 1.29 is 27.5 Å². The Morgan fingerprint density at radius 3 is 2.50 bits per heavy atom. The molecule has 0 spiro atoms. The van der Waals surface area contributed by atoms with Crippen LogP contribution < -0.4 is 5.32 Å². The predicted molar refractivity (Wildman–Crippen MR) is 74.6 cm³/mol. The van der Waals surface area contributed by atoms with Gasteiger partial charge in [0.1, 0.15) is 12.7 Å². The predicted octanol–water partition coefficient (Wildman–Crippen LogP) is 2.29. The Balaban J connectivity index is 2.68. The molecular formula is C14H17F3N2O3. The molecule has 0 aliphatic carbocycles. The number of anilines is 1. The van der Waals surface area contributed by atoms with Gasteiger partial charge in [0, 0.05) is 25.3 Å². The zero-order valence-corrected chi connectivity index (χ0v) is 12.4. The summed E-state index contributed by atoms with van der Waals surface area (Å²) in [5, 5.41) is 2.41. The van der Waals surface area contributed by atoms with Crippen molar-refractivity contribution in [3.05, 3.63) is 29.8 Å². The minimum absolute atomic E-state index is 0.252. The van der Waals surface area contributed by atoms with Crippen LogP contribution in [-0.4, -0.2) is 49.7 Å². The largest absolute Gasteiger partial charge is 0.411 e. The second kappa shape index (κ2) is 7.26. The van der Waals surface area contributed by atoms with Crippen molar-refractivity contribution in [1.82, 2.24) is 4.90 Å². The Morgan fingerprint density at radius 1 is 1.32 bits per heavy atom. The number of carbonyl (C=O) groups excluding carboxylic acids is 2. The highest BCUT2D eigenvalue weighted by Crippen LogP contribution is 2.16. The average Bonchev–Trinajstić information content (AvgIpc) is 2.43. The molecule has 0 fully saturated rings. The van der Waals surface area contributed by atoms with Gasteiger partial charge in [-0.1, -0.05) is 6.07 Å². The van der Waals surface area contributed by atoms with Gasteiger partial charge >= 0.3 is 6.18 Å². The summed E-state index contributed by atoms with van der Waals surface area (Å²) in [5.41, 5.74) is 0.659. The van der Waals surface area contributed by atoms with Crippen LogP contribution in [0, 0.1) is 0 Å². The molecule has 8 heteroatoms. The van der Waals surface area contributed by atoms with Gasteiger partial charge in [-0.25, -0.2) is 0 Å². The number of ether oxygens (including phenoxy) is 1. The van der Waals surface area contributed by atoms with Crippen molar-refractivity contribution in [3.8, 4) is 0 Å². The summed E-state index contributed by atoms with van der Waals surface area (Å²) in [6, 6.07) is 6.10. The smallest absolute Gasteiger partial charge is 0.359 e. The molecule has 0 radical (unpaired) electrons. The van der Waals surface area contributed by atoms with Crippen LogP contribution in [0.4, 0.5) is 18.9 Å². The molecule has 0 bridgehead atoms. The summed E-state index contributed by atoms with van der Waals surface area (Å²) in [7, 11) is 3.17. The fourth-order valence-electron chi connectivity index (χ4n) is 1.53. The first-order valence-electron chi connectivity index (χ1n) is 6.41. The van der Waals surface area contributed by atoms with Gasteiger partial charge in [-0.3, -0.25) is 9.59 Å². The minimum atomic E-state index is -4.49. The highest BCUT2D eigenvalue weighted by Gasteiger charge is 2.29. The van der Waals surface area contributed by atoms with Crippen LogP contribution in [0.3, 0.4) is 0 Å². The van der Waals surface area contributed by atoms with Gasteiger partial charge in [-0.15, -0.1) is 0 Å². The van der Waals surface area contributed by atoms with Crippen LogP contribution >= 0.6 is 0 Å². The van der Waals surface area contributed by atoms with E-state index in [0.29, 0.717) is 11.3 Å². The topological polar surface area (TPSA) is 58.6 Å². The number of rotatable bonds is 5. The molecule has 1 aromatic carbocycles. The van der Waals surface area contributed by atoms with Crippen LogP contribution in [0.5, 0.6) is 0 Å². The molecule has 0 unspecified atom stereocenters. The lowest BCUT2D eigenvalue weighted by molar-refractivity contribution is -0.184. The number of hydrogen-bond acceptors (Lipinski definition) is 3. The minimum Gasteiger partial charge on any atom is -0.359 e. The first-order valence-corrected chi connectivity index (χ1v) is 6.41. The zero-order chi connectivity index (χ0) is 16.9. The third-order valence-corrected chi connectivity index (χ3v) is 2.65. The quantitative estimate of drug-likeness (QED) is 0.906. The maximum atomic E-state index is 12.0. The molecule has 22 heavy (non-hydrogen) atoms. The maximum Gasteiger partial charge on any atom is 0.411 e. The molecule has 2 amide bonds. The van der Waals surface area contributed by atoms with Gasteiger partial charge in [0.25, 0.3) is 11.8 Å². The van der Waals surface area contributed by atoms with Crippen molar-refractivity contribution in [3.63, 3.8) is 0 Å². The van der Waals surface area contributed by atoms with E-state index < -0.39 is 24.8 Å². The molecule has 0 saturated carbocycles. The maximum absolute atomic E-state index is 12.0. The highest BCUT2D eigenvalue weighted by molar-refractivity contribution is 5.98. The third-order valence-electron chi connectivity index (χ3n) is 2.65. The second-order valence-electron chi connectivity index (χ2n) is 4.84. The van der Waals surface area contributed by atoms with Crippen molar-refractivity contribution >= 4 is 17.5 Å². The van der Waals surface area contributed by atoms with E-state index in [1.165, 1.54) is 24.0 Å². The van der Waals surface area contributed by atoms with Gasteiger partial charge in [0.05, 0.1) is 0 Å². The Morgan fingerprint density at radius 2 is 1.95 bits per heavy atom. The molecule has 0 heterocycles. The third kappa shape index (κ3) is 5.72. The van der Waals surface area contributed by atoms with E-state index >= 15 is 0 Å². The molecule has 1 atom stereocenters. The molecule has 1 aromatic rings. The van der Waals surface area contributed by atoms with E-state index in [-0.39, 0.29) is 5.91 Å². The normalized spacial score (nSPS) is 12.6. The van der Waals surface area contributed by atoms with E-state index in [1.807, 2.05) is 0 Å². The number of benzene rings is 1. The monoisotopic (exact) mass is 318 g/mol. The molecule has 0 saturated heterocycles. The zero-order valence-electron chi connectivity index (χ0n) is 12.4. The van der Waals surface area contributed by atoms with Crippen LogP contribution in [0.1, 0.15) is 17.3 Å². The second-order valence-corrected chi connectivity index (χ2v) is 4.84. The lowest BCUT2D eigenvalue weighted by atomic mass is 10.1. The highest BCUT2D eigenvalue weighted by atomic mass is 19.4. The number of halogens is 3. The molecular weight excluding hydrogens is 301 g/mol. The lowest BCUT2D eigenvalue weighted by Gasteiger charge is -2.15. The van der Waals surface area contributed by atoms with Crippen molar-refractivity contribution in [2.45, 2.75) is 19.2 Å². The SMILES string of the molecule is C[C@@H](OCC(F)(F)F)C(=O)Nc1cccc(C(=O)N(C)C)c1. The molecule has 122 valence electrons. The van der Waals surface area contributed by atoms with E-state index in [1.54, 1.807) is 26.2 Å². The van der Waals surface area contributed by atoms with Crippen molar-refractivity contribution in [2.24, 2.45) is 0 Å². The molecule has 1 rings (SSSR count). The number of nitrogens with one attached hydrogen (secondary N) is 1. The van der Waals surface area contributed by atoms with Crippen molar-refractivity contribution in [1.29, 1.82) is 0 Å². The van der Waals surface area contributed by atoms with Gasteiger partial charge in [-0.05, 0) is 25.1 Å². The molecule has 5 nitrogen and oxygen atoms in total. The number of carbonyl (C=O) groups is 2. The molecule has 0 aliphatic heterocycles. The summed E-state index contributed by atoms with van der Waals surface area (Å²) < 4.78 is 40.5. The van der Waals surface area contributed by atoms with E-state index in [9.17, 15) is 22.8 Å². The van der Waals surface area contributed by atoms with Crippen LogP contribution in [0.25, 0.3) is 0 Å². The Hall–Kier alpha value is -2.09. The Kier molecular flexibility index (Phi) is 5.92. The number of alkyl halides is 3. The number of amides is 2. The Bertz CT molecular complexity index is 544. The fourth-order valence-corrected chi connectivity index (χ4v) is 1.53. The molecule has 1 N–H and O–H groups in total. The van der Waals surface area contributed by atoms with Gasteiger partial charge in [-0.2, -0.15) is 13.2 Å². The Labute approximate surface area is 126 Å². The molecule has 0 aliphatic rings. The summed E-state index contributed by atoms with van der Waals surface area (Å²) in [6.07, 6.45) is -5.76. The summed E-state index contributed by atoms with van der Waals surface area (Å²) in [6.45, 7) is -0.281. The fraction of sp³-hybridized carbons (Fsp3) is 0.429. The van der Waals surface area contributed by atoms with Crippen LogP contribution in [-0.2, 0) is 9.53 Å². The summed E-state index contributed by atoms with van der Waals surface area (Å²) in [5.74, 6) is -0.976.